The van der Waals surface area contributed by atoms with Crippen molar-refractivity contribution >= 4 is 50.5 Å². The van der Waals surface area contributed by atoms with Gasteiger partial charge >= 0.3 is 196 Å². The van der Waals surface area contributed by atoms with Crippen molar-refractivity contribution in [2.45, 2.75) is 17.3 Å². The summed E-state index contributed by atoms with van der Waals surface area (Å²) in [6, 6.07) is 43.1. The first-order valence-corrected chi connectivity index (χ1v) is 20.8. The topological polar surface area (TPSA) is 26.0 Å². The van der Waals surface area contributed by atoms with Gasteiger partial charge in [0.15, 0.2) is 0 Å². The van der Waals surface area contributed by atoms with Crippen molar-refractivity contribution in [1.82, 2.24) is 4.98 Å². The van der Waals surface area contributed by atoms with Crippen molar-refractivity contribution in [2.75, 3.05) is 0 Å². The van der Waals surface area contributed by atoms with Crippen LogP contribution in [0.3, 0.4) is 0 Å². The number of aromatic nitrogens is 1. The van der Waals surface area contributed by atoms with E-state index in [0.717, 1.165) is 44.3 Å². The van der Waals surface area contributed by atoms with Gasteiger partial charge in [-0.25, -0.2) is 0 Å². The van der Waals surface area contributed by atoms with Crippen LogP contribution in [0, 0.1) is 0 Å². The number of hydrogen-bond acceptors (Lipinski definition) is 2. The first kappa shape index (κ1) is 23.9. The molecular formula is C36H29GeNO. The molecule has 2 aromatic heterocycles. The van der Waals surface area contributed by atoms with Crippen molar-refractivity contribution in [2.24, 2.45) is 0 Å². The van der Waals surface area contributed by atoms with Crippen LogP contribution in [-0.2, 0) is 0 Å². The minimum absolute atomic E-state index is 0.880. The Hall–Kier alpha value is -4.15. The molecule has 0 aliphatic heterocycles. The molecule has 0 aliphatic rings. The van der Waals surface area contributed by atoms with Gasteiger partial charge in [-0.15, -0.1) is 0 Å². The van der Waals surface area contributed by atoms with Crippen LogP contribution in [0.2, 0.25) is 17.3 Å². The van der Waals surface area contributed by atoms with Crippen LogP contribution in [0.4, 0.5) is 0 Å². The van der Waals surface area contributed by atoms with Crippen molar-refractivity contribution in [1.29, 1.82) is 0 Å². The van der Waals surface area contributed by atoms with Gasteiger partial charge < -0.3 is 0 Å². The maximum atomic E-state index is 6.59. The Labute approximate surface area is 231 Å². The first-order valence-electron chi connectivity index (χ1n) is 13.5. The summed E-state index contributed by atoms with van der Waals surface area (Å²) in [6.07, 6.45) is 0. The Kier molecular flexibility index (Phi) is 5.68. The second kappa shape index (κ2) is 9.25. The number of fused-ring (bicyclic) bond motifs is 4. The molecule has 0 radical (unpaired) electrons. The third kappa shape index (κ3) is 4.25. The normalized spacial score (nSPS) is 12.0. The van der Waals surface area contributed by atoms with Gasteiger partial charge in [-0.3, -0.25) is 0 Å². The molecule has 5 aromatic carbocycles. The fraction of sp³-hybridized carbons (Fsp3) is 0.0833. The fourth-order valence-electron chi connectivity index (χ4n) is 5.50. The maximum absolute atomic E-state index is 6.59. The first-order chi connectivity index (χ1) is 19.0. The van der Waals surface area contributed by atoms with E-state index < -0.39 is 13.3 Å². The van der Waals surface area contributed by atoms with E-state index in [-0.39, 0.29) is 0 Å². The number of hydrogen-bond donors (Lipinski definition) is 0. The number of nitrogens with zero attached hydrogens (tertiary/aromatic N) is 1. The van der Waals surface area contributed by atoms with Crippen LogP contribution in [0.15, 0.2) is 126 Å². The van der Waals surface area contributed by atoms with Crippen LogP contribution in [-0.4, -0.2) is 18.3 Å². The zero-order chi connectivity index (χ0) is 26.6. The van der Waals surface area contributed by atoms with Crippen LogP contribution < -0.4 is 4.40 Å². The number of furan rings is 1. The van der Waals surface area contributed by atoms with Gasteiger partial charge in [-0.1, -0.05) is 30.3 Å². The van der Waals surface area contributed by atoms with Gasteiger partial charge in [0.1, 0.15) is 0 Å². The van der Waals surface area contributed by atoms with E-state index in [2.05, 4.69) is 133 Å². The Morgan fingerprint density at radius 3 is 2.03 bits per heavy atom. The molecule has 0 N–H and O–H groups in total. The zero-order valence-corrected chi connectivity index (χ0v) is 24.5. The van der Waals surface area contributed by atoms with E-state index in [1.165, 1.54) is 26.5 Å². The Morgan fingerprint density at radius 2 is 1.28 bits per heavy atom. The molecule has 39 heavy (non-hydrogen) atoms. The average Bonchev–Trinajstić information content (AvgIpc) is 3.35. The van der Waals surface area contributed by atoms with E-state index in [1.54, 1.807) is 0 Å². The number of rotatable bonds is 4. The van der Waals surface area contributed by atoms with Crippen molar-refractivity contribution in [3.63, 3.8) is 0 Å². The molecule has 7 rings (SSSR count). The molecule has 188 valence electrons. The predicted octanol–water partition coefficient (Wildman–Crippen LogP) is 9.68. The minimum atomic E-state index is -2.02. The van der Waals surface area contributed by atoms with E-state index in [4.69, 9.17) is 9.40 Å². The number of pyridine rings is 1. The number of para-hydroxylation sites is 1. The van der Waals surface area contributed by atoms with Gasteiger partial charge in [-0.2, -0.15) is 0 Å². The molecule has 0 saturated heterocycles. The molecule has 7 aromatic rings. The average molecular weight is 564 g/mol. The molecule has 2 nitrogen and oxygen atoms in total. The number of benzene rings is 5. The molecule has 0 aliphatic carbocycles. The molecule has 0 atom stereocenters. The zero-order valence-electron chi connectivity index (χ0n) is 22.4. The van der Waals surface area contributed by atoms with Gasteiger partial charge in [0.05, 0.1) is 0 Å². The van der Waals surface area contributed by atoms with E-state index in [1.807, 2.05) is 6.07 Å². The summed E-state index contributed by atoms with van der Waals surface area (Å²) in [5.74, 6) is 7.32. The second-order valence-corrected chi connectivity index (χ2v) is 21.9. The van der Waals surface area contributed by atoms with Crippen LogP contribution in [0.1, 0.15) is 0 Å². The summed E-state index contributed by atoms with van der Waals surface area (Å²) in [5.41, 5.74) is 9.48. The van der Waals surface area contributed by atoms with Crippen LogP contribution >= 0.6 is 0 Å². The standard InChI is InChI=1S/C36H29GeNO/c1-37(2,3)27-18-20-33-32(22-27)31(25-13-8-5-9-14-25)23-34(38-33)30-16-10-15-29-28-19-17-26(21-35(28)39-36(29)30)24-11-6-4-7-12-24/h4-23H,1-3H3. The third-order valence-corrected chi connectivity index (χ3v) is 11.9. The molecule has 0 bridgehead atoms. The van der Waals surface area contributed by atoms with Crippen LogP contribution in [0.5, 0.6) is 0 Å². The quantitative estimate of drug-likeness (QED) is 0.199. The Balaban J connectivity index is 1.46. The summed E-state index contributed by atoms with van der Waals surface area (Å²) < 4.78 is 8.08. The summed E-state index contributed by atoms with van der Waals surface area (Å²) in [5, 5.41) is 3.45. The van der Waals surface area contributed by atoms with Crippen molar-refractivity contribution in [3.05, 3.63) is 121 Å². The summed E-state index contributed by atoms with van der Waals surface area (Å²) in [4.78, 5) is 5.20. The molecule has 0 amide bonds. The van der Waals surface area contributed by atoms with Gasteiger partial charge in [0, 0.05) is 0 Å². The van der Waals surface area contributed by atoms with E-state index in [0.29, 0.717) is 0 Å². The van der Waals surface area contributed by atoms with Gasteiger partial charge in [0.2, 0.25) is 0 Å². The summed E-state index contributed by atoms with van der Waals surface area (Å²) >= 11 is -2.02. The van der Waals surface area contributed by atoms with Crippen molar-refractivity contribution < 1.29 is 4.42 Å². The van der Waals surface area contributed by atoms with Gasteiger partial charge in [-0.05, 0) is 5.56 Å². The predicted molar refractivity (Wildman–Crippen MR) is 168 cm³/mol. The molecule has 2 heterocycles. The molecule has 0 fully saturated rings. The molecule has 0 spiro atoms. The molecular weight excluding hydrogens is 535 g/mol. The summed E-state index contributed by atoms with van der Waals surface area (Å²) in [7, 11) is 0. The molecule has 0 unspecified atom stereocenters. The third-order valence-electron chi connectivity index (χ3n) is 7.64. The fourth-order valence-corrected chi connectivity index (χ4v) is 7.93. The van der Waals surface area contributed by atoms with Crippen molar-refractivity contribution in [3.8, 4) is 33.5 Å². The Bertz CT molecular complexity index is 1980. The monoisotopic (exact) mass is 565 g/mol. The van der Waals surface area contributed by atoms with Crippen LogP contribution in [0.25, 0.3) is 66.4 Å². The summed E-state index contributed by atoms with van der Waals surface area (Å²) in [6.45, 7) is 0. The molecule has 0 saturated carbocycles. The van der Waals surface area contributed by atoms with E-state index in [9.17, 15) is 0 Å². The SMILES string of the molecule is [CH3][Ge]([CH3])([CH3])[c]1ccc2nc(-c3cccc4c3oc3cc(-c5ccccc5)ccc34)cc(-c3ccccc3)c2c1. The molecule has 3 heteroatoms. The van der Waals surface area contributed by atoms with E-state index >= 15 is 0 Å². The second-order valence-electron chi connectivity index (χ2n) is 11.3. The Morgan fingerprint density at radius 1 is 0.538 bits per heavy atom. The van der Waals surface area contributed by atoms with Gasteiger partial charge in [0.25, 0.3) is 0 Å².